The van der Waals surface area contributed by atoms with Crippen LogP contribution in [0, 0.1) is 20.8 Å². The lowest BCUT2D eigenvalue weighted by Crippen LogP contribution is -2.29. The third-order valence-corrected chi connectivity index (χ3v) is 7.07. The van der Waals surface area contributed by atoms with Crippen molar-refractivity contribution in [2.24, 2.45) is 0 Å². The highest BCUT2D eigenvalue weighted by atomic mass is 32.1. The van der Waals surface area contributed by atoms with E-state index in [1.165, 1.54) is 16.2 Å². The Labute approximate surface area is 186 Å². The normalized spacial score (nSPS) is 18.1. The minimum Gasteiger partial charge on any atom is -0.507 e. The number of aliphatic hydroxyl groups excluding tert-OH is 1. The van der Waals surface area contributed by atoms with E-state index in [9.17, 15) is 14.7 Å². The molecule has 158 valence electrons. The van der Waals surface area contributed by atoms with Crippen molar-refractivity contribution in [3.05, 3.63) is 92.2 Å². The van der Waals surface area contributed by atoms with Gasteiger partial charge in [-0.1, -0.05) is 37.3 Å². The number of aliphatic hydroxyl groups is 1. The van der Waals surface area contributed by atoms with Crippen molar-refractivity contribution in [3.8, 4) is 0 Å². The van der Waals surface area contributed by atoms with E-state index >= 15 is 0 Å². The van der Waals surface area contributed by atoms with E-state index in [-0.39, 0.29) is 11.3 Å². The fourth-order valence-electron chi connectivity index (χ4n) is 3.94. The fourth-order valence-corrected chi connectivity index (χ4v) is 4.97. The van der Waals surface area contributed by atoms with Gasteiger partial charge in [0.2, 0.25) is 0 Å². The van der Waals surface area contributed by atoms with Gasteiger partial charge in [0.05, 0.1) is 5.57 Å². The van der Waals surface area contributed by atoms with E-state index in [2.05, 4.69) is 6.92 Å². The number of thiophene rings is 1. The van der Waals surface area contributed by atoms with Crippen LogP contribution < -0.4 is 4.90 Å². The van der Waals surface area contributed by atoms with Crippen molar-refractivity contribution < 1.29 is 14.7 Å². The maximum atomic E-state index is 13.2. The summed E-state index contributed by atoms with van der Waals surface area (Å²) in [7, 11) is 0. The van der Waals surface area contributed by atoms with Crippen LogP contribution in [0.3, 0.4) is 0 Å². The second kappa shape index (κ2) is 8.16. The van der Waals surface area contributed by atoms with Crippen molar-refractivity contribution in [3.63, 3.8) is 0 Å². The lowest BCUT2D eigenvalue weighted by atomic mass is 9.97. The number of carbonyl (C=O) groups is 2. The molecule has 0 saturated carbocycles. The Bertz CT molecular complexity index is 1200. The number of hydrogen-bond acceptors (Lipinski definition) is 4. The molecule has 0 radical (unpaired) electrons. The number of rotatable bonds is 4. The van der Waals surface area contributed by atoms with Crippen LogP contribution in [0.2, 0.25) is 0 Å². The third-order valence-electron chi connectivity index (χ3n) is 6.00. The molecule has 1 fully saturated rings. The molecule has 2 heterocycles. The Morgan fingerprint density at radius 1 is 0.968 bits per heavy atom. The highest BCUT2D eigenvalue weighted by Gasteiger charge is 2.47. The molecule has 0 aliphatic carbocycles. The van der Waals surface area contributed by atoms with E-state index < -0.39 is 17.7 Å². The number of amides is 1. The first-order valence-corrected chi connectivity index (χ1v) is 11.2. The molecule has 1 aliphatic heterocycles. The summed E-state index contributed by atoms with van der Waals surface area (Å²) >= 11 is 1.49. The molecule has 1 atom stereocenters. The Balaban J connectivity index is 1.93. The molecule has 3 aromatic rings. The highest BCUT2D eigenvalue weighted by Crippen LogP contribution is 2.45. The largest absolute Gasteiger partial charge is 0.507 e. The topological polar surface area (TPSA) is 57.6 Å². The summed E-state index contributed by atoms with van der Waals surface area (Å²) in [6.07, 6.45) is 0.882. The van der Waals surface area contributed by atoms with Gasteiger partial charge in [-0.2, -0.15) is 0 Å². The van der Waals surface area contributed by atoms with Gasteiger partial charge in [-0.15, -0.1) is 11.3 Å². The molecular formula is C26H25NO3S. The summed E-state index contributed by atoms with van der Waals surface area (Å²) in [4.78, 5) is 28.8. The van der Waals surface area contributed by atoms with Crippen molar-refractivity contribution in [2.45, 2.75) is 40.2 Å². The minimum atomic E-state index is -0.659. The van der Waals surface area contributed by atoms with Crippen LogP contribution in [-0.2, 0) is 16.0 Å². The van der Waals surface area contributed by atoms with Gasteiger partial charge < -0.3 is 5.11 Å². The first-order valence-electron chi connectivity index (χ1n) is 10.3. The number of carbonyl (C=O) groups excluding carboxylic acids is 2. The van der Waals surface area contributed by atoms with Gasteiger partial charge in [-0.3, -0.25) is 14.5 Å². The van der Waals surface area contributed by atoms with Gasteiger partial charge in [-0.25, -0.2) is 0 Å². The van der Waals surface area contributed by atoms with Crippen LogP contribution in [0.25, 0.3) is 5.76 Å². The van der Waals surface area contributed by atoms with Crippen molar-refractivity contribution in [1.82, 2.24) is 0 Å². The number of Topliss-reactive ketones (excluding diaryl/α,β-unsaturated/α-hetero) is 1. The summed E-state index contributed by atoms with van der Waals surface area (Å²) in [5, 5.41) is 13.1. The van der Waals surface area contributed by atoms with Crippen molar-refractivity contribution >= 4 is 34.5 Å². The lowest BCUT2D eigenvalue weighted by molar-refractivity contribution is -0.132. The first kappa shape index (κ1) is 21.1. The number of aryl methyl sites for hydroxylation is 4. The summed E-state index contributed by atoms with van der Waals surface area (Å²) in [5.74, 6) is -1.41. The van der Waals surface area contributed by atoms with Crippen LogP contribution in [0.15, 0.2) is 59.5 Å². The Morgan fingerprint density at radius 3 is 2.26 bits per heavy atom. The van der Waals surface area contributed by atoms with Crippen LogP contribution >= 0.6 is 11.3 Å². The monoisotopic (exact) mass is 431 g/mol. The zero-order valence-corrected chi connectivity index (χ0v) is 18.9. The Kier molecular flexibility index (Phi) is 5.54. The average Bonchev–Trinajstić information content (AvgIpc) is 3.30. The van der Waals surface area contributed by atoms with Gasteiger partial charge >= 0.3 is 0 Å². The summed E-state index contributed by atoms with van der Waals surface area (Å²) in [5.41, 5.74) is 5.60. The summed E-state index contributed by atoms with van der Waals surface area (Å²) in [6, 6.07) is 14.5. The Hall–Kier alpha value is -3.18. The molecule has 31 heavy (non-hydrogen) atoms. The van der Waals surface area contributed by atoms with E-state index in [1.807, 2.05) is 62.5 Å². The third kappa shape index (κ3) is 3.59. The fraction of sp³-hybridized carbons (Fsp3) is 0.231. The average molecular weight is 432 g/mol. The van der Waals surface area contributed by atoms with Crippen molar-refractivity contribution in [1.29, 1.82) is 0 Å². The molecule has 4 nitrogen and oxygen atoms in total. The highest BCUT2D eigenvalue weighted by molar-refractivity contribution is 7.10. The van der Waals surface area contributed by atoms with Crippen molar-refractivity contribution in [2.75, 3.05) is 4.90 Å². The molecule has 1 unspecified atom stereocenters. The second-order valence-electron chi connectivity index (χ2n) is 7.96. The van der Waals surface area contributed by atoms with E-state index in [4.69, 9.17) is 0 Å². The van der Waals surface area contributed by atoms with Gasteiger partial charge in [0, 0.05) is 16.1 Å². The molecule has 5 heteroatoms. The maximum absolute atomic E-state index is 13.2. The molecule has 1 aliphatic rings. The number of ketones is 1. The van der Waals surface area contributed by atoms with Crippen LogP contribution in [-0.4, -0.2) is 16.8 Å². The molecular weight excluding hydrogens is 406 g/mol. The number of hydrogen-bond donors (Lipinski definition) is 1. The predicted octanol–water partition coefficient (Wildman–Crippen LogP) is 5.86. The standard InChI is InChI=1S/C26H25NO3S/c1-5-18-7-9-19(10-8-18)23(28)21-22(25-16(3)12-13-31-25)27(26(30)24(21)29)20-11-6-15(2)17(4)14-20/h6-14,22,28H,5H2,1-4H3/b23-21-. The van der Waals surface area contributed by atoms with E-state index in [1.54, 1.807) is 12.1 Å². The van der Waals surface area contributed by atoms with E-state index in [0.717, 1.165) is 33.6 Å². The zero-order chi connectivity index (χ0) is 22.3. The maximum Gasteiger partial charge on any atom is 0.300 e. The molecule has 0 bridgehead atoms. The van der Waals surface area contributed by atoms with Gasteiger partial charge in [0.1, 0.15) is 11.8 Å². The summed E-state index contributed by atoms with van der Waals surface area (Å²) < 4.78 is 0. The second-order valence-corrected chi connectivity index (χ2v) is 8.90. The number of anilines is 1. The van der Waals surface area contributed by atoms with Crippen LogP contribution in [0.5, 0.6) is 0 Å². The number of nitrogens with zero attached hydrogens (tertiary/aromatic N) is 1. The molecule has 4 rings (SSSR count). The van der Waals surface area contributed by atoms with E-state index in [0.29, 0.717) is 11.3 Å². The molecule has 1 N–H and O–H groups in total. The van der Waals surface area contributed by atoms with Gasteiger partial charge in [0.15, 0.2) is 0 Å². The van der Waals surface area contributed by atoms with Gasteiger partial charge in [-0.05, 0) is 73.0 Å². The zero-order valence-electron chi connectivity index (χ0n) is 18.1. The van der Waals surface area contributed by atoms with Crippen LogP contribution in [0.4, 0.5) is 5.69 Å². The lowest BCUT2D eigenvalue weighted by Gasteiger charge is -2.25. The molecule has 1 aromatic heterocycles. The first-order chi connectivity index (χ1) is 14.8. The molecule has 1 amide bonds. The number of benzene rings is 2. The predicted molar refractivity (Wildman–Crippen MR) is 126 cm³/mol. The Morgan fingerprint density at radius 2 is 1.68 bits per heavy atom. The van der Waals surface area contributed by atoms with Crippen LogP contribution in [0.1, 0.15) is 45.7 Å². The quantitative estimate of drug-likeness (QED) is 0.320. The molecule has 0 spiro atoms. The smallest absolute Gasteiger partial charge is 0.300 e. The molecule has 2 aromatic carbocycles. The minimum absolute atomic E-state index is 0.134. The molecule has 1 saturated heterocycles. The SMILES string of the molecule is CCc1ccc(/C(O)=C2/C(=O)C(=O)N(c3ccc(C)c(C)c3)C2c2sccc2C)cc1. The van der Waals surface area contributed by atoms with Gasteiger partial charge in [0.25, 0.3) is 11.7 Å². The summed E-state index contributed by atoms with van der Waals surface area (Å²) in [6.45, 7) is 8.01.